The van der Waals surface area contributed by atoms with Crippen molar-refractivity contribution < 1.29 is 19.1 Å². The van der Waals surface area contributed by atoms with Crippen molar-refractivity contribution in [2.75, 3.05) is 38.8 Å². The molecule has 2 saturated heterocycles. The lowest BCUT2D eigenvalue weighted by Gasteiger charge is -2.54. The first-order valence-electron chi connectivity index (χ1n) is 8.01. The van der Waals surface area contributed by atoms with Crippen LogP contribution < -0.4 is 4.90 Å². The molecular formula is C17H19N3O4. The number of urea groups is 1. The maximum atomic E-state index is 13.1. The Morgan fingerprint density at radius 2 is 1.75 bits per heavy atom. The molecule has 7 heteroatoms. The molecule has 1 aromatic carbocycles. The van der Waals surface area contributed by atoms with Gasteiger partial charge in [0.05, 0.1) is 19.3 Å². The van der Waals surface area contributed by atoms with Gasteiger partial charge in [-0.1, -0.05) is 18.2 Å². The number of fused-ring (bicyclic) bond motifs is 4. The summed E-state index contributed by atoms with van der Waals surface area (Å²) >= 11 is 0. The van der Waals surface area contributed by atoms with E-state index in [1.165, 1.54) is 14.1 Å². The lowest BCUT2D eigenvalue weighted by atomic mass is 9.68. The summed E-state index contributed by atoms with van der Waals surface area (Å²) in [7, 11) is 2.87. The Morgan fingerprint density at radius 3 is 2.46 bits per heavy atom. The van der Waals surface area contributed by atoms with Crippen LogP contribution in [-0.2, 0) is 20.7 Å². The second-order valence-corrected chi connectivity index (χ2v) is 6.57. The fourth-order valence-corrected chi connectivity index (χ4v) is 4.18. The van der Waals surface area contributed by atoms with Gasteiger partial charge in [0, 0.05) is 26.3 Å². The lowest BCUT2D eigenvalue weighted by Crippen LogP contribution is -2.73. The lowest BCUT2D eigenvalue weighted by molar-refractivity contribution is -0.161. The van der Waals surface area contributed by atoms with E-state index in [0.29, 0.717) is 19.8 Å². The number of hydrogen-bond donors (Lipinski definition) is 0. The average Bonchev–Trinajstić information content (AvgIpc) is 2.63. The van der Waals surface area contributed by atoms with E-state index in [4.69, 9.17) is 4.74 Å². The Balaban J connectivity index is 1.91. The van der Waals surface area contributed by atoms with Crippen LogP contribution in [0.4, 0.5) is 10.5 Å². The van der Waals surface area contributed by atoms with Gasteiger partial charge >= 0.3 is 6.03 Å². The van der Waals surface area contributed by atoms with Crippen molar-refractivity contribution in [2.24, 2.45) is 5.41 Å². The quantitative estimate of drug-likeness (QED) is 0.648. The van der Waals surface area contributed by atoms with Gasteiger partial charge in [0.15, 0.2) is 5.41 Å². The molecule has 0 unspecified atom stereocenters. The van der Waals surface area contributed by atoms with Gasteiger partial charge < -0.3 is 9.64 Å². The fraction of sp³-hybridized carbons (Fsp3) is 0.471. The van der Waals surface area contributed by atoms with E-state index in [1.54, 1.807) is 0 Å². The minimum atomic E-state index is -1.31. The summed E-state index contributed by atoms with van der Waals surface area (Å²) in [6.07, 6.45) is 0.285. The van der Waals surface area contributed by atoms with Crippen LogP contribution in [0.15, 0.2) is 24.3 Å². The second kappa shape index (κ2) is 5.04. The number of para-hydroxylation sites is 1. The normalized spacial score (nSPS) is 25.8. The molecule has 3 heterocycles. The van der Waals surface area contributed by atoms with Crippen molar-refractivity contribution in [2.45, 2.75) is 12.5 Å². The Bertz CT molecular complexity index is 723. The number of nitrogens with zero attached hydrogens (tertiary/aromatic N) is 3. The number of ether oxygens (including phenoxy) is 1. The molecule has 4 amide bonds. The van der Waals surface area contributed by atoms with Gasteiger partial charge in [0.25, 0.3) is 0 Å². The monoisotopic (exact) mass is 329 g/mol. The Morgan fingerprint density at radius 1 is 1.08 bits per heavy atom. The summed E-state index contributed by atoms with van der Waals surface area (Å²) in [5.74, 6) is -0.879. The molecule has 1 spiro atoms. The molecule has 0 radical (unpaired) electrons. The molecule has 3 aliphatic rings. The highest BCUT2D eigenvalue weighted by Gasteiger charge is 2.63. The smallest absolute Gasteiger partial charge is 0.332 e. The number of hydrogen-bond acceptors (Lipinski definition) is 5. The van der Waals surface area contributed by atoms with E-state index in [-0.39, 0.29) is 6.42 Å². The highest BCUT2D eigenvalue weighted by molar-refractivity contribution is 6.20. The van der Waals surface area contributed by atoms with Gasteiger partial charge in [0.2, 0.25) is 11.8 Å². The van der Waals surface area contributed by atoms with Crippen molar-refractivity contribution in [3.63, 3.8) is 0 Å². The zero-order chi connectivity index (χ0) is 17.1. The molecule has 0 bridgehead atoms. The van der Waals surface area contributed by atoms with E-state index in [2.05, 4.69) is 4.90 Å². The third-order valence-electron chi connectivity index (χ3n) is 5.41. The number of amides is 4. The first kappa shape index (κ1) is 15.1. The van der Waals surface area contributed by atoms with Gasteiger partial charge in [-0.15, -0.1) is 0 Å². The minimum absolute atomic E-state index is 0.285. The highest BCUT2D eigenvalue weighted by Crippen LogP contribution is 2.46. The van der Waals surface area contributed by atoms with Crippen molar-refractivity contribution in [3.8, 4) is 0 Å². The number of benzene rings is 1. The largest absolute Gasteiger partial charge is 0.377 e. The van der Waals surface area contributed by atoms with E-state index in [9.17, 15) is 14.4 Å². The third kappa shape index (κ3) is 1.73. The average molecular weight is 329 g/mol. The van der Waals surface area contributed by atoms with Gasteiger partial charge in [-0.3, -0.25) is 19.4 Å². The van der Waals surface area contributed by atoms with Crippen LogP contribution in [0.5, 0.6) is 0 Å². The van der Waals surface area contributed by atoms with Crippen molar-refractivity contribution >= 4 is 23.5 Å². The predicted octanol–water partition coefficient (Wildman–Crippen LogP) is 0.485. The molecule has 24 heavy (non-hydrogen) atoms. The molecule has 7 nitrogen and oxygen atoms in total. The maximum Gasteiger partial charge on any atom is 0.332 e. The summed E-state index contributed by atoms with van der Waals surface area (Å²) in [4.78, 5) is 42.6. The molecule has 1 atom stereocenters. The summed E-state index contributed by atoms with van der Waals surface area (Å²) in [6, 6.07) is 6.83. The number of carbonyl (C=O) groups is 3. The number of morpholine rings is 1. The Hall–Kier alpha value is -2.41. The highest BCUT2D eigenvalue weighted by atomic mass is 16.5. The molecule has 126 valence electrons. The van der Waals surface area contributed by atoms with E-state index in [0.717, 1.165) is 21.1 Å². The predicted molar refractivity (Wildman–Crippen MR) is 85.5 cm³/mol. The molecule has 1 aromatic rings. The second-order valence-electron chi connectivity index (χ2n) is 6.57. The molecule has 0 saturated carbocycles. The van der Waals surface area contributed by atoms with Crippen LogP contribution in [0.1, 0.15) is 5.56 Å². The van der Waals surface area contributed by atoms with Gasteiger partial charge in [0.1, 0.15) is 0 Å². The number of anilines is 1. The molecule has 0 aliphatic carbocycles. The van der Waals surface area contributed by atoms with Gasteiger partial charge in [-0.05, 0) is 18.1 Å². The fourth-order valence-electron chi connectivity index (χ4n) is 4.18. The first-order chi connectivity index (χ1) is 11.5. The number of rotatable bonds is 0. The van der Waals surface area contributed by atoms with E-state index in [1.807, 2.05) is 24.3 Å². The number of imide groups is 2. The van der Waals surface area contributed by atoms with Crippen molar-refractivity contribution in [1.82, 2.24) is 9.80 Å². The summed E-state index contributed by atoms with van der Waals surface area (Å²) < 4.78 is 5.61. The molecular weight excluding hydrogens is 310 g/mol. The van der Waals surface area contributed by atoms with Gasteiger partial charge in [-0.25, -0.2) is 4.79 Å². The van der Waals surface area contributed by atoms with Crippen LogP contribution in [0.2, 0.25) is 0 Å². The molecule has 0 aromatic heterocycles. The van der Waals surface area contributed by atoms with Crippen LogP contribution >= 0.6 is 0 Å². The topological polar surface area (TPSA) is 70.2 Å². The van der Waals surface area contributed by atoms with Crippen LogP contribution in [-0.4, -0.2) is 67.5 Å². The van der Waals surface area contributed by atoms with Crippen LogP contribution in [0, 0.1) is 5.41 Å². The Kier molecular flexibility index (Phi) is 3.18. The molecule has 2 fully saturated rings. The molecule has 0 N–H and O–H groups in total. The SMILES string of the molecule is CN1C(=O)N(C)C(=O)C2(Cc3ccccc3N3CCOC[C@H]32)C1=O. The Labute approximate surface area is 139 Å². The van der Waals surface area contributed by atoms with Crippen LogP contribution in [0.3, 0.4) is 0 Å². The first-order valence-corrected chi connectivity index (χ1v) is 8.01. The van der Waals surface area contributed by atoms with Crippen molar-refractivity contribution in [1.29, 1.82) is 0 Å². The zero-order valence-electron chi connectivity index (χ0n) is 13.7. The van der Waals surface area contributed by atoms with Gasteiger partial charge in [-0.2, -0.15) is 0 Å². The summed E-state index contributed by atoms with van der Waals surface area (Å²) in [5, 5.41) is 0. The number of barbiturate groups is 1. The standard InChI is InChI=1S/C17H19N3O4/c1-18-14(21)17(15(22)19(2)16(18)23)9-11-5-3-4-6-12(11)20-7-8-24-10-13(17)20/h3-6,13H,7-10H2,1-2H3/t13-/m0/s1. The molecule has 4 rings (SSSR count). The summed E-state index contributed by atoms with van der Waals surface area (Å²) in [5.41, 5.74) is 0.680. The van der Waals surface area contributed by atoms with Crippen LogP contribution in [0.25, 0.3) is 0 Å². The molecule has 3 aliphatic heterocycles. The van der Waals surface area contributed by atoms with E-state index >= 15 is 0 Å². The number of carbonyl (C=O) groups excluding carboxylic acids is 3. The minimum Gasteiger partial charge on any atom is -0.377 e. The van der Waals surface area contributed by atoms with Crippen molar-refractivity contribution in [3.05, 3.63) is 29.8 Å². The maximum absolute atomic E-state index is 13.1. The summed E-state index contributed by atoms with van der Waals surface area (Å²) in [6.45, 7) is 1.46. The zero-order valence-corrected chi connectivity index (χ0v) is 13.7. The third-order valence-corrected chi connectivity index (χ3v) is 5.41. The van der Waals surface area contributed by atoms with E-state index < -0.39 is 29.3 Å².